The average molecular weight is 508 g/mol. The molecule has 1 saturated heterocycles. The summed E-state index contributed by atoms with van der Waals surface area (Å²) in [6, 6.07) is 14.3. The molecule has 2 aliphatic heterocycles. The second kappa shape index (κ2) is 12.9. The molecule has 2 amide bonds. The molecule has 198 valence electrons. The molecule has 0 saturated carbocycles. The number of carbonyl (C=O) groups is 2. The SMILES string of the molecule is CCN(CC)C(=O)C[C@@H]1CCN2C[C@@H]1/C=C\COc1ccccc1CN(Cc1ccc(F)cc1)CC2=O. The number of ether oxygens (including phenoxy) is 1. The molecule has 37 heavy (non-hydrogen) atoms. The number of nitrogens with zero attached hydrogens (tertiary/aromatic N) is 3. The van der Waals surface area contributed by atoms with Crippen molar-refractivity contribution in [2.45, 2.75) is 39.8 Å². The molecule has 7 heteroatoms. The van der Waals surface area contributed by atoms with Crippen LogP contribution in [0, 0.1) is 17.7 Å². The molecule has 0 unspecified atom stereocenters. The summed E-state index contributed by atoms with van der Waals surface area (Å²) in [5.74, 6) is 1.07. The third-order valence-corrected chi connectivity index (χ3v) is 7.48. The number of hydrogen-bond acceptors (Lipinski definition) is 4. The summed E-state index contributed by atoms with van der Waals surface area (Å²) < 4.78 is 19.6. The van der Waals surface area contributed by atoms with Gasteiger partial charge < -0.3 is 14.5 Å². The highest BCUT2D eigenvalue weighted by Crippen LogP contribution is 2.30. The van der Waals surface area contributed by atoms with Crippen molar-refractivity contribution in [3.63, 3.8) is 0 Å². The topological polar surface area (TPSA) is 53.1 Å². The molecule has 0 spiro atoms. The number of carbonyl (C=O) groups excluding carboxylic acids is 2. The van der Waals surface area contributed by atoms with Gasteiger partial charge in [0.2, 0.25) is 11.8 Å². The van der Waals surface area contributed by atoms with E-state index in [1.807, 2.05) is 54.0 Å². The van der Waals surface area contributed by atoms with Crippen LogP contribution >= 0.6 is 0 Å². The predicted octanol–water partition coefficient (Wildman–Crippen LogP) is 4.50. The van der Waals surface area contributed by atoms with Crippen molar-refractivity contribution in [3.8, 4) is 5.75 Å². The van der Waals surface area contributed by atoms with Gasteiger partial charge in [-0.25, -0.2) is 4.39 Å². The van der Waals surface area contributed by atoms with Crippen molar-refractivity contribution in [3.05, 3.63) is 77.6 Å². The molecule has 6 nitrogen and oxygen atoms in total. The van der Waals surface area contributed by atoms with Crippen molar-refractivity contribution in [1.29, 1.82) is 0 Å². The van der Waals surface area contributed by atoms with Crippen LogP contribution in [0.4, 0.5) is 4.39 Å². The molecule has 2 bridgehead atoms. The number of amides is 2. The minimum absolute atomic E-state index is 0.0756. The third kappa shape index (κ3) is 7.19. The van der Waals surface area contributed by atoms with E-state index in [-0.39, 0.29) is 36.0 Å². The van der Waals surface area contributed by atoms with Crippen LogP contribution in [0.2, 0.25) is 0 Å². The summed E-state index contributed by atoms with van der Waals surface area (Å²) in [5.41, 5.74) is 1.95. The van der Waals surface area contributed by atoms with Crippen LogP contribution in [0.3, 0.4) is 0 Å². The Balaban J connectivity index is 1.56. The Kier molecular flexibility index (Phi) is 9.34. The number of hydrogen-bond donors (Lipinski definition) is 0. The molecule has 2 aromatic carbocycles. The lowest BCUT2D eigenvalue weighted by atomic mass is 9.82. The number of para-hydroxylation sites is 1. The van der Waals surface area contributed by atoms with E-state index in [0.717, 1.165) is 23.3 Å². The van der Waals surface area contributed by atoms with Crippen LogP contribution in [-0.4, -0.2) is 65.8 Å². The molecule has 2 heterocycles. The molecule has 2 aromatic rings. The average Bonchev–Trinajstić information content (AvgIpc) is 2.90. The lowest BCUT2D eigenvalue weighted by Crippen LogP contribution is -2.48. The normalized spacial score (nSPS) is 21.6. The van der Waals surface area contributed by atoms with E-state index in [1.165, 1.54) is 12.1 Å². The summed E-state index contributed by atoms with van der Waals surface area (Å²) in [6.45, 7) is 8.44. The Labute approximate surface area is 219 Å². The maximum Gasteiger partial charge on any atom is 0.236 e. The highest BCUT2D eigenvalue weighted by Gasteiger charge is 2.32. The summed E-state index contributed by atoms with van der Waals surface area (Å²) in [5, 5.41) is 0. The molecule has 0 aromatic heterocycles. The minimum Gasteiger partial charge on any atom is -0.489 e. The quantitative estimate of drug-likeness (QED) is 0.541. The molecular formula is C30H38FN3O3. The largest absolute Gasteiger partial charge is 0.489 e. The minimum atomic E-state index is -0.274. The number of benzene rings is 2. The van der Waals surface area contributed by atoms with Gasteiger partial charge in [0.05, 0.1) is 6.54 Å². The van der Waals surface area contributed by atoms with Gasteiger partial charge in [-0.2, -0.15) is 0 Å². The lowest BCUT2D eigenvalue weighted by Gasteiger charge is -2.38. The van der Waals surface area contributed by atoms with E-state index in [4.69, 9.17) is 4.74 Å². The Morgan fingerprint density at radius 3 is 2.59 bits per heavy atom. The zero-order chi connectivity index (χ0) is 26.2. The van der Waals surface area contributed by atoms with Crippen LogP contribution in [0.1, 0.15) is 37.8 Å². The van der Waals surface area contributed by atoms with Crippen LogP contribution in [0.15, 0.2) is 60.7 Å². The number of piperidine rings is 1. The maximum atomic E-state index is 13.5. The Bertz CT molecular complexity index is 1080. The van der Waals surface area contributed by atoms with Gasteiger partial charge >= 0.3 is 0 Å². The first kappa shape index (κ1) is 26.9. The molecule has 2 aliphatic rings. The highest BCUT2D eigenvalue weighted by molar-refractivity contribution is 5.79. The number of fused-ring (bicyclic) bond motifs is 3. The molecule has 1 fully saturated rings. The molecular weight excluding hydrogens is 469 g/mol. The second-order valence-electron chi connectivity index (χ2n) is 9.94. The molecule has 0 radical (unpaired) electrons. The van der Waals surface area contributed by atoms with E-state index < -0.39 is 0 Å². The first-order valence-corrected chi connectivity index (χ1v) is 13.4. The molecule has 2 atom stereocenters. The van der Waals surface area contributed by atoms with E-state index >= 15 is 0 Å². The van der Waals surface area contributed by atoms with Gasteiger partial charge in [-0.1, -0.05) is 42.5 Å². The van der Waals surface area contributed by atoms with Crippen molar-refractivity contribution in [2.24, 2.45) is 11.8 Å². The fourth-order valence-corrected chi connectivity index (χ4v) is 5.35. The second-order valence-corrected chi connectivity index (χ2v) is 9.94. The van der Waals surface area contributed by atoms with Crippen molar-refractivity contribution >= 4 is 11.8 Å². The maximum absolute atomic E-state index is 13.5. The van der Waals surface area contributed by atoms with Gasteiger partial charge in [0, 0.05) is 51.3 Å². The van der Waals surface area contributed by atoms with E-state index in [2.05, 4.69) is 11.0 Å². The van der Waals surface area contributed by atoms with Gasteiger partial charge in [0.15, 0.2) is 0 Å². The van der Waals surface area contributed by atoms with Gasteiger partial charge in [0.1, 0.15) is 18.2 Å². The summed E-state index contributed by atoms with van der Waals surface area (Å²) in [6.07, 6.45) is 5.46. The summed E-state index contributed by atoms with van der Waals surface area (Å²) in [7, 11) is 0. The zero-order valence-electron chi connectivity index (χ0n) is 21.9. The first-order chi connectivity index (χ1) is 18.0. The van der Waals surface area contributed by atoms with Gasteiger partial charge in [-0.15, -0.1) is 0 Å². The predicted molar refractivity (Wildman–Crippen MR) is 142 cm³/mol. The van der Waals surface area contributed by atoms with Gasteiger partial charge in [0.25, 0.3) is 0 Å². The highest BCUT2D eigenvalue weighted by atomic mass is 19.1. The fraction of sp³-hybridized carbons (Fsp3) is 0.467. The van der Waals surface area contributed by atoms with E-state index in [0.29, 0.717) is 52.3 Å². The Morgan fingerprint density at radius 1 is 1.08 bits per heavy atom. The monoisotopic (exact) mass is 507 g/mol. The Hall–Kier alpha value is -3.19. The number of halogens is 1. The van der Waals surface area contributed by atoms with Gasteiger partial charge in [-0.3, -0.25) is 14.5 Å². The molecule has 0 aliphatic carbocycles. The third-order valence-electron chi connectivity index (χ3n) is 7.48. The van der Waals surface area contributed by atoms with E-state index in [9.17, 15) is 14.0 Å². The zero-order valence-corrected chi connectivity index (χ0v) is 21.9. The van der Waals surface area contributed by atoms with E-state index in [1.54, 1.807) is 12.1 Å². The van der Waals surface area contributed by atoms with Crippen LogP contribution in [0.25, 0.3) is 0 Å². The lowest BCUT2D eigenvalue weighted by molar-refractivity contribution is -0.136. The fourth-order valence-electron chi connectivity index (χ4n) is 5.35. The smallest absolute Gasteiger partial charge is 0.236 e. The van der Waals surface area contributed by atoms with Crippen molar-refractivity contribution < 1.29 is 18.7 Å². The number of rotatable bonds is 6. The first-order valence-electron chi connectivity index (χ1n) is 13.4. The molecule has 4 rings (SSSR count). The van der Waals surface area contributed by atoms with Crippen LogP contribution in [-0.2, 0) is 22.7 Å². The van der Waals surface area contributed by atoms with Crippen LogP contribution in [0.5, 0.6) is 5.75 Å². The summed E-state index contributed by atoms with van der Waals surface area (Å²) in [4.78, 5) is 32.3. The van der Waals surface area contributed by atoms with Crippen LogP contribution < -0.4 is 4.74 Å². The summed E-state index contributed by atoms with van der Waals surface area (Å²) >= 11 is 0. The van der Waals surface area contributed by atoms with Crippen molar-refractivity contribution in [1.82, 2.24) is 14.7 Å². The standard InChI is InChI=1S/C30H38FN3O3/c1-3-33(4-2)29(35)18-24-15-16-34-21-25(24)9-7-17-37-28-10-6-5-8-26(28)20-32(22-30(34)36)19-23-11-13-27(31)14-12-23/h5-14,24-25H,3-4,15-22H2,1-2H3/b9-7-/t24-,25-/m0/s1. The van der Waals surface area contributed by atoms with Crippen molar-refractivity contribution in [2.75, 3.05) is 39.3 Å². The van der Waals surface area contributed by atoms with Gasteiger partial charge in [-0.05, 0) is 55.9 Å². The Morgan fingerprint density at radius 2 is 1.84 bits per heavy atom. The molecule has 0 N–H and O–H groups in total.